The molecule has 0 heterocycles. The molecule has 0 saturated carbocycles. The van der Waals surface area contributed by atoms with Crippen LogP contribution in [0.3, 0.4) is 0 Å². The summed E-state index contributed by atoms with van der Waals surface area (Å²) in [4.78, 5) is 0. The fourth-order valence-corrected chi connectivity index (χ4v) is 2.50. The van der Waals surface area contributed by atoms with Crippen LogP contribution in [0.25, 0.3) is 0 Å². The van der Waals surface area contributed by atoms with Gasteiger partial charge in [-0.1, -0.05) is 23.2 Å². The van der Waals surface area contributed by atoms with Crippen LogP contribution in [-0.4, -0.2) is 10.2 Å². The number of halogens is 3. The second kappa shape index (κ2) is 7.04. The van der Waals surface area contributed by atoms with Crippen LogP contribution in [-0.2, 0) is 0 Å². The Balaban J connectivity index is 0.000000191. The first-order chi connectivity index (χ1) is 8.81. The van der Waals surface area contributed by atoms with Crippen LogP contribution < -0.4 is 0 Å². The van der Waals surface area contributed by atoms with Crippen LogP contribution in [0.4, 0.5) is 0 Å². The lowest BCUT2D eigenvalue weighted by Gasteiger charge is -2.00. The Bertz CT molecular complexity index is 563. The van der Waals surface area contributed by atoms with Crippen molar-refractivity contribution < 1.29 is 10.2 Å². The fraction of sp³-hybridized carbons (Fsp3) is 0.143. The van der Waals surface area contributed by atoms with Crippen molar-refractivity contribution >= 4 is 39.1 Å². The van der Waals surface area contributed by atoms with E-state index in [1.54, 1.807) is 44.2 Å². The van der Waals surface area contributed by atoms with Crippen molar-refractivity contribution in [1.82, 2.24) is 0 Å². The Hall–Kier alpha value is -0.900. The molecule has 0 saturated heterocycles. The van der Waals surface area contributed by atoms with Crippen molar-refractivity contribution in [2.75, 3.05) is 0 Å². The van der Waals surface area contributed by atoms with E-state index in [0.29, 0.717) is 20.3 Å². The van der Waals surface area contributed by atoms with Crippen molar-refractivity contribution in [1.29, 1.82) is 0 Å². The summed E-state index contributed by atoms with van der Waals surface area (Å²) in [5, 5.41) is 19.5. The maximum Gasteiger partial charge on any atom is 0.132 e. The summed E-state index contributed by atoms with van der Waals surface area (Å²) < 4.78 is 0.637. The van der Waals surface area contributed by atoms with Crippen molar-refractivity contribution in [2.24, 2.45) is 0 Å². The second-order valence-electron chi connectivity index (χ2n) is 3.98. The summed E-state index contributed by atoms with van der Waals surface area (Å²) in [6.45, 7) is 3.60. The second-order valence-corrected chi connectivity index (χ2v) is 5.71. The number of rotatable bonds is 0. The highest BCUT2D eigenvalue weighted by Crippen LogP contribution is 2.30. The number of phenolic OH excluding ortho intramolecular Hbond substituents is 2. The molecule has 0 aliphatic rings. The molecule has 2 aromatic rings. The van der Waals surface area contributed by atoms with E-state index in [-0.39, 0.29) is 5.75 Å². The number of aryl methyl sites for hydroxylation is 2. The molecule has 0 fully saturated rings. The van der Waals surface area contributed by atoms with Crippen LogP contribution >= 0.6 is 39.1 Å². The Labute approximate surface area is 130 Å². The molecule has 0 aliphatic heterocycles. The van der Waals surface area contributed by atoms with Crippen LogP contribution in [0.1, 0.15) is 11.1 Å². The number of aromatic hydroxyl groups is 2. The molecule has 19 heavy (non-hydrogen) atoms. The molecule has 0 spiro atoms. The molecule has 0 radical (unpaired) electrons. The number of hydrogen-bond acceptors (Lipinski definition) is 2. The molecular weight excluding hydrogens is 351 g/mol. The lowest BCUT2D eigenvalue weighted by Crippen LogP contribution is -1.75. The van der Waals surface area contributed by atoms with Gasteiger partial charge in [0.15, 0.2) is 0 Å². The number of phenols is 2. The van der Waals surface area contributed by atoms with Gasteiger partial charge in [0.25, 0.3) is 0 Å². The zero-order valence-corrected chi connectivity index (χ0v) is 13.5. The molecule has 5 heteroatoms. The predicted molar refractivity (Wildman–Crippen MR) is 83.4 cm³/mol. The van der Waals surface area contributed by atoms with E-state index in [2.05, 4.69) is 15.9 Å². The van der Waals surface area contributed by atoms with Gasteiger partial charge in [-0.05, 0) is 71.2 Å². The van der Waals surface area contributed by atoms with Gasteiger partial charge >= 0.3 is 0 Å². The highest BCUT2D eigenvalue weighted by Gasteiger charge is 2.01. The highest BCUT2D eigenvalue weighted by atomic mass is 79.9. The molecule has 2 rings (SSSR count). The molecule has 2 aromatic carbocycles. The zero-order chi connectivity index (χ0) is 14.6. The Kier molecular flexibility index (Phi) is 5.98. The third kappa shape index (κ3) is 4.94. The maximum atomic E-state index is 9.23. The summed E-state index contributed by atoms with van der Waals surface area (Å²) in [6.07, 6.45) is 0. The third-order valence-electron chi connectivity index (χ3n) is 2.38. The molecule has 0 aromatic heterocycles. The molecule has 0 aliphatic carbocycles. The van der Waals surface area contributed by atoms with E-state index in [1.807, 2.05) is 0 Å². The van der Waals surface area contributed by atoms with Gasteiger partial charge in [0, 0.05) is 10.0 Å². The average Bonchev–Trinajstić information content (AvgIpc) is 2.32. The Morgan fingerprint density at radius 3 is 1.95 bits per heavy atom. The molecule has 2 N–H and O–H groups in total. The van der Waals surface area contributed by atoms with E-state index in [9.17, 15) is 5.11 Å². The van der Waals surface area contributed by atoms with Crippen molar-refractivity contribution in [3.8, 4) is 11.5 Å². The summed E-state index contributed by atoms with van der Waals surface area (Å²) in [7, 11) is 0. The van der Waals surface area contributed by atoms with Gasteiger partial charge in [-0.2, -0.15) is 0 Å². The predicted octanol–water partition coefficient (Wildman–Crippen LogP) is 5.47. The van der Waals surface area contributed by atoms with Gasteiger partial charge in [0.1, 0.15) is 11.5 Å². The van der Waals surface area contributed by atoms with Gasteiger partial charge in [0.2, 0.25) is 0 Å². The highest BCUT2D eigenvalue weighted by molar-refractivity contribution is 9.10. The molecule has 102 valence electrons. The van der Waals surface area contributed by atoms with E-state index in [4.69, 9.17) is 28.3 Å². The van der Waals surface area contributed by atoms with Crippen molar-refractivity contribution in [3.63, 3.8) is 0 Å². The summed E-state index contributed by atoms with van der Waals surface area (Å²) in [5.74, 6) is 0.545. The van der Waals surface area contributed by atoms with Crippen LogP contribution in [0.2, 0.25) is 10.0 Å². The van der Waals surface area contributed by atoms with E-state index < -0.39 is 0 Å². The van der Waals surface area contributed by atoms with Crippen LogP contribution in [0.5, 0.6) is 11.5 Å². The smallest absolute Gasteiger partial charge is 0.132 e. The quantitative estimate of drug-likeness (QED) is 0.651. The first-order valence-electron chi connectivity index (χ1n) is 5.41. The first kappa shape index (κ1) is 16.2. The SMILES string of the molecule is Cc1cc(Cl)cc(Br)c1O.Cc1cc(Cl)ccc1O. The van der Waals surface area contributed by atoms with Crippen molar-refractivity contribution in [3.05, 3.63) is 56.0 Å². The third-order valence-corrected chi connectivity index (χ3v) is 3.44. The molecule has 0 bridgehead atoms. The van der Waals surface area contributed by atoms with E-state index in [0.717, 1.165) is 11.1 Å². The zero-order valence-electron chi connectivity index (χ0n) is 10.4. The minimum absolute atomic E-state index is 0.254. The molecule has 0 amide bonds. The molecule has 0 atom stereocenters. The van der Waals surface area contributed by atoms with Gasteiger partial charge in [-0.3, -0.25) is 0 Å². The first-order valence-corrected chi connectivity index (χ1v) is 6.96. The lowest BCUT2D eigenvalue weighted by molar-refractivity contribution is 0.467. The minimum atomic E-state index is 0.254. The van der Waals surface area contributed by atoms with Gasteiger partial charge < -0.3 is 10.2 Å². The summed E-state index contributed by atoms with van der Waals surface area (Å²) in [6, 6.07) is 8.32. The van der Waals surface area contributed by atoms with Gasteiger partial charge in [0.05, 0.1) is 4.47 Å². The number of hydrogen-bond donors (Lipinski definition) is 2. The van der Waals surface area contributed by atoms with Gasteiger partial charge in [-0.25, -0.2) is 0 Å². The maximum absolute atomic E-state index is 9.23. The average molecular weight is 364 g/mol. The topological polar surface area (TPSA) is 40.5 Å². The molecule has 2 nitrogen and oxygen atoms in total. The number of benzene rings is 2. The van der Waals surface area contributed by atoms with E-state index in [1.165, 1.54) is 0 Å². The monoisotopic (exact) mass is 362 g/mol. The molecular formula is C14H13BrCl2O2. The molecule has 0 unspecified atom stereocenters. The standard InChI is InChI=1S/C7H6BrClO.C7H7ClO/c1-4-2-5(9)3-6(8)7(4)10;1-5-4-6(8)2-3-7(5)9/h2-3,10H,1H3;2-4,9H,1H3. The lowest BCUT2D eigenvalue weighted by atomic mass is 10.2. The Morgan fingerprint density at radius 2 is 1.47 bits per heavy atom. The van der Waals surface area contributed by atoms with E-state index >= 15 is 0 Å². The van der Waals surface area contributed by atoms with Crippen molar-refractivity contribution in [2.45, 2.75) is 13.8 Å². The fourth-order valence-electron chi connectivity index (χ4n) is 1.31. The largest absolute Gasteiger partial charge is 0.508 e. The van der Waals surface area contributed by atoms with Crippen LogP contribution in [0, 0.1) is 13.8 Å². The van der Waals surface area contributed by atoms with Gasteiger partial charge in [-0.15, -0.1) is 0 Å². The Morgan fingerprint density at radius 1 is 0.895 bits per heavy atom. The van der Waals surface area contributed by atoms with Crippen LogP contribution in [0.15, 0.2) is 34.8 Å². The summed E-state index contributed by atoms with van der Waals surface area (Å²) in [5.41, 5.74) is 1.59. The normalized spacial score (nSPS) is 9.74. The summed E-state index contributed by atoms with van der Waals surface area (Å²) >= 11 is 14.4. The minimum Gasteiger partial charge on any atom is -0.508 e.